The Kier molecular flexibility index (Phi) is 6.48. The summed E-state index contributed by atoms with van der Waals surface area (Å²) in [4.78, 5) is 12.5. The molecular weight excluding hydrogens is 256 g/mol. The summed E-state index contributed by atoms with van der Waals surface area (Å²) in [5.41, 5.74) is 6.58. The van der Waals surface area contributed by atoms with E-state index >= 15 is 0 Å². The van der Waals surface area contributed by atoms with Crippen LogP contribution in [0.15, 0.2) is 29.2 Å². The van der Waals surface area contributed by atoms with Crippen molar-refractivity contribution >= 4 is 17.7 Å². The molecule has 1 aromatic rings. The maximum Gasteiger partial charge on any atom is 0.235 e. The van der Waals surface area contributed by atoms with Gasteiger partial charge in [0.25, 0.3) is 0 Å². The van der Waals surface area contributed by atoms with Crippen molar-refractivity contribution < 1.29 is 4.79 Å². The molecule has 3 nitrogen and oxygen atoms in total. The molecule has 4 heteroatoms. The molecule has 0 saturated heterocycles. The third-order valence-corrected chi connectivity index (χ3v) is 3.71. The Labute approximate surface area is 119 Å². The number of rotatable bonds is 7. The lowest BCUT2D eigenvalue weighted by Gasteiger charge is -2.20. The van der Waals surface area contributed by atoms with Crippen LogP contribution in [-0.4, -0.2) is 24.2 Å². The van der Waals surface area contributed by atoms with Crippen LogP contribution in [0.25, 0.3) is 0 Å². The Hall–Kier alpha value is -1.44. The number of benzene rings is 1. The molecule has 1 rings (SSSR count). The molecule has 0 spiro atoms. The number of nitrogens with two attached hydrogens (primary N) is 1. The second-order valence-electron chi connectivity index (χ2n) is 4.45. The molecule has 2 atom stereocenters. The van der Waals surface area contributed by atoms with Gasteiger partial charge in [-0.1, -0.05) is 18.2 Å². The average Bonchev–Trinajstić information content (AvgIpc) is 2.38. The minimum absolute atomic E-state index is 0.138. The van der Waals surface area contributed by atoms with Crippen molar-refractivity contribution in [2.24, 2.45) is 5.73 Å². The predicted molar refractivity (Wildman–Crippen MR) is 81.0 cm³/mol. The van der Waals surface area contributed by atoms with Crippen LogP contribution in [0.4, 0.5) is 0 Å². The van der Waals surface area contributed by atoms with Crippen molar-refractivity contribution in [3.63, 3.8) is 0 Å². The summed E-state index contributed by atoms with van der Waals surface area (Å²) in [7, 11) is 0. The van der Waals surface area contributed by atoms with E-state index in [2.05, 4.69) is 29.6 Å². The van der Waals surface area contributed by atoms with E-state index in [0.717, 1.165) is 6.42 Å². The van der Waals surface area contributed by atoms with E-state index in [1.165, 1.54) is 10.5 Å². The first-order valence-electron chi connectivity index (χ1n) is 6.19. The van der Waals surface area contributed by atoms with E-state index in [1.54, 1.807) is 11.8 Å². The van der Waals surface area contributed by atoms with Crippen LogP contribution in [0.2, 0.25) is 0 Å². The van der Waals surface area contributed by atoms with Gasteiger partial charge in [0.2, 0.25) is 5.91 Å². The number of carbonyl (C=O) groups is 1. The molecule has 19 heavy (non-hydrogen) atoms. The van der Waals surface area contributed by atoms with Gasteiger partial charge in [0, 0.05) is 17.4 Å². The summed E-state index contributed by atoms with van der Waals surface area (Å²) >= 11 is 1.72. The Morgan fingerprint density at radius 1 is 1.53 bits per heavy atom. The highest BCUT2D eigenvalue weighted by atomic mass is 32.2. The topological polar surface area (TPSA) is 55.1 Å². The Balaban J connectivity index is 2.66. The fourth-order valence-electron chi connectivity index (χ4n) is 1.96. The third kappa shape index (κ3) is 4.98. The van der Waals surface area contributed by atoms with Crippen LogP contribution in [0.3, 0.4) is 0 Å². The molecule has 0 fully saturated rings. The van der Waals surface area contributed by atoms with Crippen molar-refractivity contribution in [1.82, 2.24) is 5.32 Å². The summed E-state index contributed by atoms with van der Waals surface area (Å²) in [6.07, 6.45) is 8.46. The Morgan fingerprint density at radius 2 is 2.21 bits per heavy atom. The molecule has 0 aromatic heterocycles. The van der Waals surface area contributed by atoms with Crippen molar-refractivity contribution in [2.45, 2.75) is 36.7 Å². The first-order valence-corrected chi connectivity index (χ1v) is 7.41. The normalized spacial score (nSPS) is 13.5. The summed E-state index contributed by atoms with van der Waals surface area (Å²) in [6, 6.07) is 7.93. The van der Waals surface area contributed by atoms with Gasteiger partial charge in [-0.05, 0) is 31.2 Å². The monoisotopic (exact) mass is 276 g/mol. The van der Waals surface area contributed by atoms with Crippen LogP contribution in [-0.2, 0) is 11.2 Å². The number of terminal acetylenes is 1. The van der Waals surface area contributed by atoms with E-state index in [0.29, 0.717) is 6.42 Å². The minimum atomic E-state index is -0.457. The van der Waals surface area contributed by atoms with E-state index in [4.69, 9.17) is 12.2 Å². The molecule has 0 unspecified atom stereocenters. The van der Waals surface area contributed by atoms with Gasteiger partial charge < -0.3 is 11.1 Å². The molecule has 1 amide bonds. The zero-order chi connectivity index (χ0) is 14.3. The van der Waals surface area contributed by atoms with Gasteiger partial charge in [0.05, 0.1) is 6.04 Å². The first kappa shape index (κ1) is 15.6. The molecule has 0 aliphatic carbocycles. The van der Waals surface area contributed by atoms with Gasteiger partial charge in [-0.25, -0.2) is 0 Å². The highest BCUT2D eigenvalue weighted by Gasteiger charge is 2.17. The minimum Gasteiger partial charge on any atom is -0.368 e. The van der Waals surface area contributed by atoms with Crippen molar-refractivity contribution in [3.8, 4) is 12.3 Å². The van der Waals surface area contributed by atoms with Gasteiger partial charge in [-0.15, -0.1) is 24.1 Å². The molecule has 3 N–H and O–H groups in total. The van der Waals surface area contributed by atoms with E-state index < -0.39 is 11.9 Å². The molecule has 0 aliphatic heterocycles. The Bertz CT molecular complexity index is 467. The number of hydrogen-bond acceptors (Lipinski definition) is 3. The fourth-order valence-corrected chi connectivity index (χ4v) is 2.59. The van der Waals surface area contributed by atoms with E-state index in [1.807, 2.05) is 19.1 Å². The average molecular weight is 276 g/mol. The smallest absolute Gasteiger partial charge is 0.235 e. The predicted octanol–water partition coefficient (Wildman–Crippen LogP) is 1.81. The zero-order valence-electron chi connectivity index (χ0n) is 11.3. The molecule has 0 heterocycles. The van der Waals surface area contributed by atoms with Gasteiger partial charge in [-0.2, -0.15) is 0 Å². The maximum absolute atomic E-state index is 11.3. The Morgan fingerprint density at radius 3 is 2.79 bits per heavy atom. The summed E-state index contributed by atoms with van der Waals surface area (Å²) in [6.45, 7) is 2.03. The molecule has 0 radical (unpaired) electrons. The molecule has 0 aliphatic rings. The van der Waals surface area contributed by atoms with Crippen molar-refractivity contribution in [3.05, 3.63) is 29.8 Å². The summed E-state index contributed by atoms with van der Waals surface area (Å²) in [5, 5.41) is 3.19. The highest BCUT2D eigenvalue weighted by molar-refractivity contribution is 7.98. The second-order valence-corrected chi connectivity index (χ2v) is 5.29. The quantitative estimate of drug-likeness (QED) is 0.590. The van der Waals surface area contributed by atoms with Crippen molar-refractivity contribution in [1.29, 1.82) is 0 Å². The largest absolute Gasteiger partial charge is 0.368 e. The molecule has 0 saturated carbocycles. The molecular formula is C15H20N2OS. The standard InChI is InChI=1S/C15H20N2OS/c1-4-7-13(15(16)18)17-11(2)10-12-8-5-6-9-14(12)19-3/h1,5-6,8-9,11,13,17H,7,10H2,2-3H3,(H2,16,18)/t11-,13-/m1/s1. The zero-order valence-corrected chi connectivity index (χ0v) is 12.2. The van der Waals surface area contributed by atoms with Crippen LogP contribution in [0, 0.1) is 12.3 Å². The number of primary amides is 1. The van der Waals surface area contributed by atoms with E-state index in [-0.39, 0.29) is 6.04 Å². The van der Waals surface area contributed by atoms with Crippen LogP contribution < -0.4 is 11.1 Å². The lowest BCUT2D eigenvalue weighted by Crippen LogP contribution is -2.46. The number of carbonyl (C=O) groups excluding carboxylic acids is 1. The van der Waals surface area contributed by atoms with Gasteiger partial charge in [-0.3, -0.25) is 4.79 Å². The number of amides is 1. The maximum atomic E-state index is 11.3. The molecule has 102 valence electrons. The first-order chi connectivity index (χ1) is 9.08. The summed E-state index contributed by atoms with van der Waals surface area (Å²) in [5.74, 6) is 2.07. The van der Waals surface area contributed by atoms with Crippen molar-refractivity contribution in [2.75, 3.05) is 6.26 Å². The fraction of sp³-hybridized carbons (Fsp3) is 0.400. The summed E-state index contributed by atoms with van der Waals surface area (Å²) < 4.78 is 0. The van der Waals surface area contributed by atoms with Gasteiger partial charge in [0.1, 0.15) is 0 Å². The van der Waals surface area contributed by atoms with Crippen LogP contribution in [0.1, 0.15) is 18.9 Å². The van der Waals surface area contributed by atoms with Crippen LogP contribution in [0.5, 0.6) is 0 Å². The third-order valence-electron chi connectivity index (χ3n) is 2.87. The second kappa shape index (κ2) is 7.88. The van der Waals surface area contributed by atoms with Gasteiger partial charge >= 0.3 is 0 Å². The molecule has 1 aromatic carbocycles. The lowest BCUT2D eigenvalue weighted by molar-refractivity contribution is -0.120. The van der Waals surface area contributed by atoms with Gasteiger partial charge in [0.15, 0.2) is 0 Å². The number of hydrogen-bond donors (Lipinski definition) is 2. The number of thioether (sulfide) groups is 1. The molecule has 0 bridgehead atoms. The lowest BCUT2D eigenvalue weighted by atomic mass is 10.1. The van der Waals surface area contributed by atoms with E-state index in [9.17, 15) is 4.79 Å². The number of nitrogens with one attached hydrogen (secondary N) is 1. The van der Waals surface area contributed by atoms with Crippen LogP contribution >= 0.6 is 11.8 Å². The SMILES string of the molecule is C#CC[C@@H](N[C@H](C)Cc1ccccc1SC)C(N)=O. The highest BCUT2D eigenvalue weighted by Crippen LogP contribution is 2.21.